The van der Waals surface area contributed by atoms with E-state index in [0.717, 1.165) is 17.1 Å². The first kappa shape index (κ1) is 39.0. The molecule has 0 aliphatic heterocycles. The maximum atomic E-state index is 2.47. The van der Waals surface area contributed by atoms with Gasteiger partial charge in [0.05, 0.1) is 38.8 Å². The molecule has 0 amide bonds. The lowest BCUT2D eigenvalue weighted by Crippen LogP contribution is -1.97. The number of nitrogens with zero attached hydrogens (tertiary/aromatic N) is 3. The van der Waals surface area contributed by atoms with E-state index in [-0.39, 0.29) is 0 Å². The maximum Gasteiger partial charge on any atom is 0.0547 e. The van der Waals surface area contributed by atoms with E-state index < -0.39 is 0 Å². The monoisotopic (exact) mass is 877 g/mol. The topological polar surface area (TPSA) is 14.8 Å². The molecule has 0 bridgehead atoms. The van der Waals surface area contributed by atoms with Gasteiger partial charge in [0.1, 0.15) is 0 Å². The Balaban J connectivity index is 0.939. The number of aromatic nitrogens is 3. The van der Waals surface area contributed by atoms with Crippen LogP contribution in [0.25, 0.3) is 127 Å². The second-order valence-corrected chi connectivity index (χ2v) is 18.1. The molecule has 0 atom stereocenters. The number of rotatable bonds is 7. The minimum atomic E-state index is 1.14. The highest BCUT2D eigenvalue weighted by molar-refractivity contribution is 6.18. The molecule has 3 nitrogen and oxygen atoms in total. The summed E-state index contributed by atoms with van der Waals surface area (Å²) >= 11 is 0. The van der Waals surface area contributed by atoms with Gasteiger partial charge in [-0.05, 0) is 118 Å². The van der Waals surface area contributed by atoms with E-state index in [1.165, 1.54) is 110 Å². The molecule has 14 aromatic rings. The fourth-order valence-corrected chi connectivity index (χ4v) is 11.2. The predicted octanol–water partition coefficient (Wildman–Crippen LogP) is 17.6. The summed E-state index contributed by atoms with van der Waals surface area (Å²) in [5.41, 5.74) is 20.2. The van der Waals surface area contributed by atoms with Gasteiger partial charge in [0, 0.05) is 49.3 Å². The van der Waals surface area contributed by atoms with Crippen molar-refractivity contribution in [3.63, 3.8) is 0 Å². The summed E-state index contributed by atoms with van der Waals surface area (Å²) in [6.07, 6.45) is 0. The lowest BCUT2D eigenvalue weighted by Gasteiger charge is -2.14. The van der Waals surface area contributed by atoms with Crippen molar-refractivity contribution in [2.45, 2.75) is 0 Å². The van der Waals surface area contributed by atoms with Gasteiger partial charge in [-0.1, -0.05) is 182 Å². The fourth-order valence-electron chi connectivity index (χ4n) is 11.2. The Morgan fingerprint density at radius 1 is 0.203 bits per heavy atom. The van der Waals surface area contributed by atoms with Crippen molar-refractivity contribution in [2.75, 3.05) is 0 Å². The summed E-state index contributed by atoms with van der Waals surface area (Å²) in [5, 5.41) is 7.40. The molecule has 0 N–H and O–H groups in total. The minimum absolute atomic E-state index is 1.14. The van der Waals surface area contributed by atoms with Gasteiger partial charge >= 0.3 is 0 Å². The minimum Gasteiger partial charge on any atom is -0.309 e. The number of fused-ring (bicyclic) bond motifs is 9. The predicted molar refractivity (Wildman–Crippen MR) is 291 cm³/mol. The highest BCUT2D eigenvalue weighted by atomic mass is 15.0. The van der Waals surface area contributed by atoms with Crippen molar-refractivity contribution in [2.24, 2.45) is 0 Å². The van der Waals surface area contributed by atoms with Crippen LogP contribution in [0.2, 0.25) is 0 Å². The number of para-hydroxylation sites is 3. The van der Waals surface area contributed by atoms with Crippen LogP contribution in [0.4, 0.5) is 0 Å². The number of hydrogen-bond donors (Lipinski definition) is 0. The molecular weight excluding hydrogens is 835 g/mol. The molecule has 3 aromatic heterocycles. The molecular formula is C66H43N3. The van der Waals surface area contributed by atoms with Crippen molar-refractivity contribution in [1.82, 2.24) is 13.7 Å². The van der Waals surface area contributed by atoms with Gasteiger partial charge in [-0.2, -0.15) is 0 Å². The Morgan fingerprint density at radius 3 is 1.32 bits per heavy atom. The Labute approximate surface area is 399 Å². The Hall–Kier alpha value is -9.18. The van der Waals surface area contributed by atoms with Gasteiger partial charge in [0.2, 0.25) is 0 Å². The van der Waals surface area contributed by atoms with Crippen molar-refractivity contribution in [1.29, 1.82) is 0 Å². The number of hydrogen-bond acceptors (Lipinski definition) is 0. The van der Waals surface area contributed by atoms with Crippen molar-refractivity contribution >= 4 is 65.4 Å². The zero-order valence-electron chi connectivity index (χ0n) is 37.7. The largest absolute Gasteiger partial charge is 0.309 e. The Kier molecular flexibility index (Phi) is 8.90. The van der Waals surface area contributed by atoms with Crippen molar-refractivity contribution in [3.05, 3.63) is 261 Å². The van der Waals surface area contributed by atoms with Gasteiger partial charge in [0.15, 0.2) is 0 Å². The Bertz CT molecular complexity index is 4290. The molecule has 322 valence electrons. The quantitative estimate of drug-likeness (QED) is 0.152. The third kappa shape index (κ3) is 6.21. The molecule has 0 spiro atoms. The molecule has 0 aliphatic carbocycles. The third-order valence-corrected chi connectivity index (χ3v) is 14.2. The maximum absolute atomic E-state index is 2.47. The zero-order valence-corrected chi connectivity index (χ0v) is 37.7. The van der Waals surface area contributed by atoms with Crippen LogP contribution in [0.3, 0.4) is 0 Å². The smallest absolute Gasteiger partial charge is 0.0547 e. The van der Waals surface area contributed by atoms with E-state index >= 15 is 0 Å². The lowest BCUT2D eigenvalue weighted by molar-refractivity contribution is 1.17. The molecule has 11 aromatic carbocycles. The van der Waals surface area contributed by atoms with E-state index in [0.29, 0.717) is 0 Å². The molecule has 0 radical (unpaired) electrons. The molecule has 0 saturated carbocycles. The standard InChI is InChI=1S/C66H43N3/c1-4-18-44(19-5-1)47-24-16-25-50(40-47)67-61-32-15-12-28-55(61)57-43-51(36-39-63(57)67)68-60-31-14-11-27-54(60)56-41-48(34-37-62(56)68)49-35-38-64-58(42-49)66-53(46-22-8-3-9-23-46)29-17-33-65(66)69(64)59-30-13-10-26-52(59)45-20-6-2-7-21-45/h1-43H. The summed E-state index contributed by atoms with van der Waals surface area (Å²) < 4.78 is 7.33. The van der Waals surface area contributed by atoms with Gasteiger partial charge in [0.25, 0.3) is 0 Å². The molecule has 69 heavy (non-hydrogen) atoms. The summed E-state index contributed by atoms with van der Waals surface area (Å²) in [7, 11) is 0. The first-order chi connectivity index (χ1) is 34.2. The van der Waals surface area contributed by atoms with E-state index in [1.54, 1.807) is 0 Å². The van der Waals surface area contributed by atoms with Crippen molar-refractivity contribution in [3.8, 4) is 61.6 Å². The van der Waals surface area contributed by atoms with Crippen LogP contribution >= 0.6 is 0 Å². The number of benzene rings is 11. The molecule has 0 saturated heterocycles. The van der Waals surface area contributed by atoms with E-state index in [9.17, 15) is 0 Å². The van der Waals surface area contributed by atoms with Crippen LogP contribution < -0.4 is 0 Å². The normalized spacial score (nSPS) is 11.8. The van der Waals surface area contributed by atoms with E-state index in [1.807, 2.05) is 0 Å². The molecule has 0 unspecified atom stereocenters. The third-order valence-electron chi connectivity index (χ3n) is 14.2. The summed E-state index contributed by atoms with van der Waals surface area (Å²) in [4.78, 5) is 0. The van der Waals surface area contributed by atoms with Crippen molar-refractivity contribution < 1.29 is 0 Å². The molecule has 14 rings (SSSR count). The van der Waals surface area contributed by atoms with Gasteiger partial charge in [-0.25, -0.2) is 0 Å². The second-order valence-electron chi connectivity index (χ2n) is 18.1. The summed E-state index contributed by atoms with van der Waals surface area (Å²) in [5.74, 6) is 0. The highest BCUT2D eigenvalue weighted by Crippen LogP contribution is 2.44. The SMILES string of the molecule is c1ccc(-c2cccc(-n3c4ccccc4c4cc(-n5c6ccccc6c6cc(-c7ccc8c(c7)c7c(-c9ccccc9)cccc7n8-c7ccccc7-c7ccccc7)ccc65)ccc43)c2)cc1. The molecule has 0 aliphatic rings. The van der Waals surface area contributed by atoms with Crippen LogP contribution in [0.5, 0.6) is 0 Å². The average Bonchev–Trinajstić information content (AvgIpc) is 4.06. The highest BCUT2D eigenvalue weighted by Gasteiger charge is 2.21. The van der Waals surface area contributed by atoms with Crippen LogP contribution in [0.1, 0.15) is 0 Å². The summed E-state index contributed by atoms with van der Waals surface area (Å²) in [6, 6.07) is 95.4. The summed E-state index contributed by atoms with van der Waals surface area (Å²) in [6.45, 7) is 0. The second kappa shape index (κ2) is 15.7. The van der Waals surface area contributed by atoms with Gasteiger partial charge < -0.3 is 13.7 Å². The average molecular weight is 878 g/mol. The lowest BCUT2D eigenvalue weighted by atomic mass is 9.97. The molecule has 3 heterocycles. The van der Waals surface area contributed by atoms with Gasteiger partial charge in [-0.3, -0.25) is 0 Å². The first-order valence-electron chi connectivity index (χ1n) is 23.8. The van der Waals surface area contributed by atoms with Gasteiger partial charge in [-0.15, -0.1) is 0 Å². The molecule has 0 fully saturated rings. The van der Waals surface area contributed by atoms with Crippen LogP contribution in [0.15, 0.2) is 261 Å². The fraction of sp³-hybridized carbons (Fsp3) is 0. The van der Waals surface area contributed by atoms with E-state index in [4.69, 9.17) is 0 Å². The van der Waals surface area contributed by atoms with Crippen LogP contribution in [0, 0.1) is 0 Å². The molecule has 3 heteroatoms. The Morgan fingerprint density at radius 2 is 0.638 bits per heavy atom. The zero-order chi connectivity index (χ0) is 45.4. The van der Waals surface area contributed by atoms with E-state index in [2.05, 4.69) is 275 Å². The van der Waals surface area contributed by atoms with Crippen LogP contribution in [-0.2, 0) is 0 Å². The first-order valence-corrected chi connectivity index (χ1v) is 23.8. The van der Waals surface area contributed by atoms with Crippen LogP contribution in [-0.4, -0.2) is 13.7 Å².